The van der Waals surface area contributed by atoms with E-state index in [0.29, 0.717) is 5.69 Å². The molecule has 3 rings (SSSR count). The molecule has 0 atom stereocenters. The Kier molecular flexibility index (Phi) is 3.19. The van der Waals surface area contributed by atoms with E-state index in [1.807, 2.05) is 0 Å². The van der Waals surface area contributed by atoms with Gasteiger partial charge in [-0.3, -0.25) is 4.98 Å². The molecular formula is C13H7BrFN3O2. The van der Waals surface area contributed by atoms with Gasteiger partial charge in [0.1, 0.15) is 17.3 Å². The molecule has 100 valence electrons. The molecule has 0 fully saturated rings. The highest BCUT2D eigenvalue weighted by Crippen LogP contribution is 2.26. The van der Waals surface area contributed by atoms with E-state index in [9.17, 15) is 9.50 Å². The Morgan fingerprint density at radius 3 is 2.75 bits per heavy atom. The van der Waals surface area contributed by atoms with E-state index in [1.54, 1.807) is 18.3 Å². The summed E-state index contributed by atoms with van der Waals surface area (Å²) in [5.41, 5.74) is 0.640. The maximum Gasteiger partial charge on any atom is 0.261 e. The lowest BCUT2D eigenvalue weighted by atomic mass is 10.2. The van der Waals surface area contributed by atoms with Crippen LogP contribution in [0.5, 0.6) is 5.75 Å². The lowest BCUT2D eigenvalue weighted by molar-refractivity contribution is 0.428. The Morgan fingerprint density at radius 1 is 1.20 bits per heavy atom. The summed E-state index contributed by atoms with van der Waals surface area (Å²) >= 11 is 3.28. The quantitative estimate of drug-likeness (QED) is 0.776. The van der Waals surface area contributed by atoms with Crippen molar-refractivity contribution in [3.8, 4) is 28.7 Å². The zero-order chi connectivity index (χ0) is 14.1. The Labute approximate surface area is 121 Å². The number of pyridine rings is 1. The Bertz CT molecular complexity index is 759. The summed E-state index contributed by atoms with van der Waals surface area (Å²) < 4.78 is 19.5. The average Bonchev–Trinajstić information content (AvgIpc) is 2.89. The minimum Gasteiger partial charge on any atom is -0.508 e. The van der Waals surface area contributed by atoms with Gasteiger partial charge >= 0.3 is 0 Å². The summed E-state index contributed by atoms with van der Waals surface area (Å²) in [6.45, 7) is 0. The van der Waals surface area contributed by atoms with Gasteiger partial charge in [-0.05, 0) is 40.2 Å². The fourth-order valence-electron chi connectivity index (χ4n) is 1.62. The highest BCUT2D eigenvalue weighted by Gasteiger charge is 2.15. The van der Waals surface area contributed by atoms with Crippen molar-refractivity contribution >= 4 is 15.9 Å². The van der Waals surface area contributed by atoms with Crippen LogP contribution in [0.4, 0.5) is 4.39 Å². The number of hydrogen-bond donors (Lipinski definition) is 1. The number of rotatable bonds is 2. The van der Waals surface area contributed by atoms with Crippen LogP contribution in [0, 0.1) is 5.82 Å². The molecule has 0 saturated carbocycles. The SMILES string of the molecule is Oc1ccc(-c2nc(-c3ccc(Br)cn3)no2)c(F)c1. The summed E-state index contributed by atoms with van der Waals surface area (Å²) in [5.74, 6) is -0.508. The van der Waals surface area contributed by atoms with Gasteiger partial charge in [0.05, 0.1) is 5.56 Å². The molecule has 0 radical (unpaired) electrons. The standard InChI is InChI=1S/C13H7BrFN3O2/c14-7-1-4-11(16-6-7)12-17-13(20-18-12)9-3-2-8(19)5-10(9)15/h1-6,19H. The number of phenols is 1. The van der Waals surface area contributed by atoms with E-state index >= 15 is 0 Å². The Balaban J connectivity index is 1.99. The molecule has 0 aliphatic carbocycles. The summed E-state index contributed by atoms with van der Waals surface area (Å²) in [7, 11) is 0. The van der Waals surface area contributed by atoms with Crippen LogP contribution >= 0.6 is 15.9 Å². The molecule has 0 unspecified atom stereocenters. The molecule has 5 nitrogen and oxygen atoms in total. The maximum absolute atomic E-state index is 13.7. The minimum absolute atomic E-state index is 0.0298. The molecule has 0 amide bonds. The second kappa shape index (κ2) is 5.01. The number of halogens is 2. The molecule has 0 aliphatic heterocycles. The van der Waals surface area contributed by atoms with E-state index in [4.69, 9.17) is 4.52 Å². The molecule has 0 bridgehead atoms. The molecule has 1 aromatic carbocycles. The van der Waals surface area contributed by atoms with E-state index < -0.39 is 5.82 Å². The molecule has 1 N–H and O–H groups in total. The minimum atomic E-state index is -0.635. The van der Waals surface area contributed by atoms with Gasteiger partial charge < -0.3 is 9.63 Å². The molecule has 0 spiro atoms. The van der Waals surface area contributed by atoms with E-state index in [0.717, 1.165) is 10.5 Å². The second-order valence-corrected chi connectivity index (χ2v) is 4.86. The van der Waals surface area contributed by atoms with Gasteiger partial charge in [-0.15, -0.1) is 0 Å². The lowest BCUT2D eigenvalue weighted by Gasteiger charge is -1.97. The third-order valence-electron chi connectivity index (χ3n) is 2.57. The van der Waals surface area contributed by atoms with Crippen LogP contribution in [0.3, 0.4) is 0 Å². The lowest BCUT2D eigenvalue weighted by Crippen LogP contribution is -1.86. The second-order valence-electron chi connectivity index (χ2n) is 3.95. The first-order valence-electron chi connectivity index (χ1n) is 5.58. The van der Waals surface area contributed by atoms with Gasteiger partial charge in [-0.2, -0.15) is 4.98 Å². The van der Waals surface area contributed by atoms with Crippen molar-refractivity contribution in [1.82, 2.24) is 15.1 Å². The molecule has 7 heteroatoms. The van der Waals surface area contributed by atoms with Crippen LogP contribution in [0.25, 0.3) is 23.0 Å². The first kappa shape index (κ1) is 12.7. The molecule has 0 aliphatic rings. The predicted molar refractivity (Wildman–Crippen MR) is 72.3 cm³/mol. The van der Waals surface area contributed by atoms with Crippen molar-refractivity contribution < 1.29 is 14.0 Å². The van der Waals surface area contributed by atoms with E-state index in [1.165, 1.54) is 12.1 Å². The largest absolute Gasteiger partial charge is 0.508 e. The van der Waals surface area contributed by atoms with Gasteiger partial charge in [0.25, 0.3) is 5.89 Å². The number of aromatic nitrogens is 3. The van der Waals surface area contributed by atoms with Gasteiger partial charge in [0, 0.05) is 16.7 Å². The van der Waals surface area contributed by atoms with Crippen molar-refractivity contribution in [2.75, 3.05) is 0 Å². The number of benzene rings is 1. The highest BCUT2D eigenvalue weighted by atomic mass is 79.9. The molecule has 2 aromatic heterocycles. The topological polar surface area (TPSA) is 72.0 Å². The number of phenolic OH excluding ortho intramolecular Hbond substituents is 1. The van der Waals surface area contributed by atoms with Crippen LogP contribution in [0.15, 0.2) is 45.5 Å². The first-order valence-corrected chi connectivity index (χ1v) is 6.37. The number of aromatic hydroxyl groups is 1. The number of hydrogen-bond acceptors (Lipinski definition) is 5. The summed E-state index contributed by atoms with van der Waals surface area (Å²) in [6.07, 6.45) is 1.60. The third-order valence-corrected chi connectivity index (χ3v) is 3.03. The van der Waals surface area contributed by atoms with Gasteiger partial charge in [0.15, 0.2) is 0 Å². The van der Waals surface area contributed by atoms with Crippen molar-refractivity contribution in [1.29, 1.82) is 0 Å². The fraction of sp³-hybridized carbons (Fsp3) is 0. The summed E-state index contributed by atoms with van der Waals surface area (Å²) in [6, 6.07) is 7.21. The zero-order valence-corrected chi connectivity index (χ0v) is 11.5. The number of nitrogens with zero attached hydrogens (tertiary/aromatic N) is 3. The van der Waals surface area contributed by atoms with Crippen LogP contribution in [-0.2, 0) is 0 Å². The van der Waals surface area contributed by atoms with Crippen LogP contribution in [0.1, 0.15) is 0 Å². The third kappa shape index (κ3) is 2.39. The van der Waals surface area contributed by atoms with E-state index in [-0.39, 0.29) is 23.0 Å². The van der Waals surface area contributed by atoms with Crippen molar-refractivity contribution in [2.24, 2.45) is 0 Å². The van der Waals surface area contributed by atoms with E-state index in [2.05, 4.69) is 31.1 Å². The molecule has 3 aromatic rings. The maximum atomic E-state index is 13.7. The monoisotopic (exact) mass is 335 g/mol. The van der Waals surface area contributed by atoms with Crippen LogP contribution < -0.4 is 0 Å². The molecule has 20 heavy (non-hydrogen) atoms. The summed E-state index contributed by atoms with van der Waals surface area (Å²) in [4.78, 5) is 8.22. The average molecular weight is 336 g/mol. The first-order chi connectivity index (χ1) is 9.63. The zero-order valence-electron chi connectivity index (χ0n) is 9.92. The van der Waals surface area contributed by atoms with Crippen molar-refractivity contribution in [2.45, 2.75) is 0 Å². The smallest absolute Gasteiger partial charge is 0.261 e. The van der Waals surface area contributed by atoms with Crippen LogP contribution in [-0.4, -0.2) is 20.2 Å². The highest BCUT2D eigenvalue weighted by molar-refractivity contribution is 9.10. The van der Waals surface area contributed by atoms with Gasteiger partial charge in [-0.25, -0.2) is 4.39 Å². The van der Waals surface area contributed by atoms with Crippen LogP contribution in [0.2, 0.25) is 0 Å². The summed E-state index contributed by atoms with van der Waals surface area (Å²) in [5, 5.41) is 12.9. The van der Waals surface area contributed by atoms with Gasteiger partial charge in [-0.1, -0.05) is 5.16 Å². The molecule has 2 heterocycles. The molecular weight excluding hydrogens is 329 g/mol. The fourth-order valence-corrected chi connectivity index (χ4v) is 1.86. The Hall–Kier alpha value is -2.28. The normalized spacial score (nSPS) is 10.7. The van der Waals surface area contributed by atoms with Crippen molar-refractivity contribution in [3.63, 3.8) is 0 Å². The van der Waals surface area contributed by atoms with Gasteiger partial charge in [0.2, 0.25) is 5.82 Å². The predicted octanol–water partition coefficient (Wildman–Crippen LogP) is 3.41. The molecule has 0 saturated heterocycles. The Morgan fingerprint density at radius 2 is 2.05 bits per heavy atom. The van der Waals surface area contributed by atoms with Crippen molar-refractivity contribution in [3.05, 3.63) is 46.8 Å².